The van der Waals surface area contributed by atoms with E-state index in [2.05, 4.69) is 16.7 Å². The molecule has 0 aromatic heterocycles. The van der Waals surface area contributed by atoms with E-state index in [0.29, 0.717) is 13.0 Å². The SMILES string of the molecule is CC(C)(C)NC(=O)Cc1ccc(NC(=O)N2CCCCc3ccccc32)cc1. The lowest BCUT2D eigenvalue weighted by atomic mass is 10.1. The van der Waals surface area contributed by atoms with Crippen LogP contribution in [-0.4, -0.2) is 24.0 Å². The Morgan fingerprint density at radius 2 is 1.71 bits per heavy atom. The fraction of sp³-hybridized carbons (Fsp3) is 0.391. The van der Waals surface area contributed by atoms with Gasteiger partial charge in [-0.05, 0) is 69.4 Å². The molecule has 0 saturated carbocycles. The summed E-state index contributed by atoms with van der Waals surface area (Å²) in [5.41, 5.74) is 3.61. The largest absolute Gasteiger partial charge is 0.351 e. The van der Waals surface area contributed by atoms with Crippen LogP contribution in [0.2, 0.25) is 0 Å². The number of carbonyl (C=O) groups is 2. The molecule has 1 aliphatic rings. The number of hydrogen-bond donors (Lipinski definition) is 2. The van der Waals surface area contributed by atoms with Crippen molar-refractivity contribution in [2.24, 2.45) is 0 Å². The summed E-state index contributed by atoms with van der Waals surface area (Å²) in [4.78, 5) is 26.7. The van der Waals surface area contributed by atoms with E-state index < -0.39 is 0 Å². The van der Waals surface area contributed by atoms with Crippen LogP contribution in [0.25, 0.3) is 0 Å². The molecule has 0 fully saturated rings. The zero-order valence-electron chi connectivity index (χ0n) is 16.9. The third kappa shape index (κ3) is 5.35. The van der Waals surface area contributed by atoms with Crippen molar-refractivity contribution in [3.05, 3.63) is 59.7 Å². The van der Waals surface area contributed by atoms with Crippen LogP contribution in [0.4, 0.5) is 16.2 Å². The monoisotopic (exact) mass is 379 g/mol. The molecule has 5 nitrogen and oxygen atoms in total. The van der Waals surface area contributed by atoms with Crippen LogP contribution >= 0.6 is 0 Å². The predicted octanol–water partition coefficient (Wildman–Crippen LogP) is 4.52. The molecule has 0 unspecified atom stereocenters. The van der Waals surface area contributed by atoms with Gasteiger partial charge < -0.3 is 10.6 Å². The van der Waals surface area contributed by atoms with Crippen molar-refractivity contribution in [1.82, 2.24) is 5.32 Å². The Labute approximate surface area is 167 Å². The molecule has 28 heavy (non-hydrogen) atoms. The second kappa shape index (κ2) is 8.46. The summed E-state index contributed by atoms with van der Waals surface area (Å²) in [5.74, 6) is -0.00883. The van der Waals surface area contributed by atoms with Gasteiger partial charge in [0.15, 0.2) is 0 Å². The van der Waals surface area contributed by atoms with Crippen molar-refractivity contribution in [2.45, 2.75) is 52.0 Å². The maximum absolute atomic E-state index is 12.9. The predicted molar refractivity (Wildman–Crippen MR) is 114 cm³/mol. The molecule has 0 saturated heterocycles. The second-order valence-corrected chi connectivity index (χ2v) is 8.34. The van der Waals surface area contributed by atoms with Gasteiger partial charge in [-0.1, -0.05) is 30.3 Å². The number of rotatable bonds is 3. The molecule has 5 heteroatoms. The van der Waals surface area contributed by atoms with E-state index >= 15 is 0 Å². The van der Waals surface area contributed by atoms with E-state index in [1.165, 1.54) is 5.56 Å². The molecule has 3 rings (SSSR count). The number of fused-ring (bicyclic) bond motifs is 1. The molecule has 148 valence electrons. The van der Waals surface area contributed by atoms with Gasteiger partial charge in [0, 0.05) is 23.5 Å². The number of nitrogens with zero attached hydrogens (tertiary/aromatic N) is 1. The molecule has 0 spiro atoms. The van der Waals surface area contributed by atoms with Gasteiger partial charge in [0.25, 0.3) is 0 Å². The van der Waals surface area contributed by atoms with Crippen LogP contribution in [0.1, 0.15) is 44.7 Å². The molecule has 0 atom stereocenters. The zero-order valence-corrected chi connectivity index (χ0v) is 16.9. The number of amides is 3. The molecule has 2 N–H and O–H groups in total. The lowest BCUT2D eigenvalue weighted by Crippen LogP contribution is -2.41. The maximum atomic E-state index is 12.9. The summed E-state index contributed by atoms with van der Waals surface area (Å²) in [6.45, 7) is 6.60. The van der Waals surface area contributed by atoms with Gasteiger partial charge in [0.1, 0.15) is 0 Å². The van der Waals surface area contributed by atoms with Crippen LogP contribution in [-0.2, 0) is 17.6 Å². The van der Waals surface area contributed by atoms with Crippen molar-refractivity contribution < 1.29 is 9.59 Å². The molecule has 1 aliphatic heterocycles. The van der Waals surface area contributed by atoms with Gasteiger partial charge in [-0.15, -0.1) is 0 Å². The van der Waals surface area contributed by atoms with E-state index in [0.717, 1.165) is 36.2 Å². The molecular formula is C23H29N3O2. The Kier molecular flexibility index (Phi) is 6.02. The van der Waals surface area contributed by atoms with Gasteiger partial charge in [0.2, 0.25) is 5.91 Å². The standard InChI is InChI=1S/C23H29N3O2/c1-23(2,3)25-21(27)16-17-11-13-19(14-12-17)24-22(28)26-15-7-6-9-18-8-4-5-10-20(18)26/h4-5,8,10-14H,6-7,9,15-16H2,1-3H3,(H,24,28)(H,25,27). The summed E-state index contributed by atoms with van der Waals surface area (Å²) in [5, 5.41) is 5.94. The minimum Gasteiger partial charge on any atom is -0.351 e. The van der Waals surface area contributed by atoms with E-state index in [9.17, 15) is 9.59 Å². The highest BCUT2D eigenvalue weighted by atomic mass is 16.2. The smallest absolute Gasteiger partial charge is 0.326 e. The second-order valence-electron chi connectivity index (χ2n) is 8.34. The third-order valence-corrected chi connectivity index (χ3v) is 4.69. The summed E-state index contributed by atoms with van der Waals surface area (Å²) in [7, 11) is 0. The number of aryl methyl sites for hydroxylation is 1. The highest BCUT2D eigenvalue weighted by molar-refractivity contribution is 6.02. The first-order chi connectivity index (χ1) is 13.3. The lowest BCUT2D eigenvalue weighted by Gasteiger charge is -2.23. The highest BCUT2D eigenvalue weighted by Crippen LogP contribution is 2.26. The number of hydrogen-bond acceptors (Lipinski definition) is 2. The maximum Gasteiger partial charge on any atom is 0.326 e. The van der Waals surface area contributed by atoms with Crippen LogP contribution in [0.15, 0.2) is 48.5 Å². The van der Waals surface area contributed by atoms with Crippen LogP contribution in [0.5, 0.6) is 0 Å². The minimum atomic E-state index is -0.242. The van der Waals surface area contributed by atoms with Crippen molar-refractivity contribution >= 4 is 23.3 Å². The lowest BCUT2D eigenvalue weighted by molar-refractivity contribution is -0.121. The average molecular weight is 380 g/mol. The number of nitrogens with one attached hydrogen (secondary N) is 2. The molecule has 0 aliphatic carbocycles. The molecule has 2 aromatic rings. The van der Waals surface area contributed by atoms with E-state index in [4.69, 9.17) is 0 Å². The van der Waals surface area contributed by atoms with E-state index in [-0.39, 0.29) is 17.5 Å². The van der Waals surface area contributed by atoms with Gasteiger partial charge in [0.05, 0.1) is 6.42 Å². The van der Waals surface area contributed by atoms with Gasteiger partial charge in [-0.3, -0.25) is 9.69 Å². The summed E-state index contributed by atoms with van der Waals surface area (Å²) in [6.07, 6.45) is 3.41. The van der Waals surface area contributed by atoms with E-state index in [1.807, 2.05) is 68.1 Å². The van der Waals surface area contributed by atoms with Gasteiger partial charge in [-0.2, -0.15) is 0 Å². The van der Waals surface area contributed by atoms with Crippen molar-refractivity contribution in [2.75, 3.05) is 16.8 Å². The Balaban J connectivity index is 1.64. The summed E-state index contributed by atoms with van der Waals surface area (Å²) in [6, 6.07) is 15.4. The zero-order chi connectivity index (χ0) is 20.1. The van der Waals surface area contributed by atoms with Gasteiger partial charge in [-0.25, -0.2) is 4.79 Å². The number of para-hydroxylation sites is 1. The van der Waals surface area contributed by atoms with E-state index in [1.54, 1.807) is 0 Å². The van der Waals surface area contributed by atoms with Crippen LogP contribution in [0.3, 0.4) is 0 Å². The molecule has 2 aromatic carbocycles. The highest BCUT2D eigenvalue weighted by Gasteiger charge is 2.21. The molecular weight excluding hydrogens is 350 g/mol. The number of anilines is 2. The summed E-state index contributed by atoms with van der Waals surface area (Å²) < 4.78 is 0. The Morgan fingerprint density at radius 3 is 2.43 bits per heavy atom. The number of urea groups is 1. The molecule has 0 radical (unpaired) electrons. The normalized spacial score (nSPS) is 14.0. The van der Waals surface area contributed by atoms with Crippen molar-refractivity contribution in [1.29, 1.82) is 0 Å². The Hall–Kier alpha value is -2.82. The molecule has 0 bridgehead atoms. The first kappa shape index (κ1) is 19.9. The minimum absolute atomic E-state index is 0.00883. The summed E-state index contributed by atoms with van der Waals surface area (Å²) >= 11 is 0. The van der Waals surface area contributed by atoms with Crippen LogP contribution < -0.4 is 15.5 Å². The first-order valence-electron chi connectivity index (χ1n) is 9.88. The average Bonchev–Trinajstić information content (AvgIpc) is 2.84. The van der Waals surface area contributed by atoms with Gasteiger partial charge >= 0.3 is 6.03 Å². The Bertz CT molecular complexity index is 838. The first-order valence-corrected chi connectivity index (χ1v) is 9.88. The molecule has 1 heterocycles. The number of benzene rings is 2. The topological polar surface area (TPSA) is 61.4 Å². The number of carbonyl (C=O) groups excluding carboxylic acids is 2. The quantitative estimate of drug-likeness (QED) is 0.824. The molecule has 3 amide bonds. The third-order valence-electron chi connectivity index (χ3n) is 4.69. The Morgan fingerprint density at radius 1 is 1.00 bits per heavy atom. The van der Waals surface area contributed by atoms with Crippen molar-refractivity contribution in [3.8, 4) is 0 Å². The fourth-order valence-electron chi connectivity index (χ4n) is 3.45. The van der Waals surface area contributed by atoms with Crippen molar-refractivity contribution in [3.63, 3.8) is 0 Å². The fourth-order valence-corrected chi connectivity index (χ4v) is 3.45. The van der Waals surface area contributed by atoms with Crippen LogP contribution in [0, 0.1) is 0 Å².